The summed E-state index contributed by atoms with van der Waals surface area (Å²) in [6.07, 6.45) is 2.90. The monoisotopic (exact) mass is 320 g/mol. The normalized spacial score (nSPS) is 11.7. The van der Waals surface area contributed by atoms with Crippen molar-refractivity contribution in [2.75, 3.05) is 4.72 Å². The van der Waals surface area contributed by atoms with Crippen LogP contribution in [0.5, 0.6) is 0 Å². The molecule has 1 aromatic carbocycles. The molecule has 22 heavy (non-hydrogen) atoms. The number of H-pyrrole nitrogens is 1. The summed E-state index contributed by atoms with van der Waals surface area (Å²) < 4.78 is 28.5. The zero-order valence-corrected chi connectivity index (χ0v) is 12.3. The van der Waals surface area contributed by atoms with Gasteiger partial charge in [-0.05, 0) is 12.1 Å². The van der Waals surface area contributed by atoms with Gasteiger partial charge in [-0.15, -0.1) is 0 Å². The van der Waals surface area contributed by atoms with Crippen molar-refractivity contribution in [3.05, 3.63) is 42.4 Å². The number of sulfonamides is 1. The second-order valence-electron chi connectivity index (χ2n) is 4.68. The Morgan fingerprint density at radius 3 is 2.82 bits per heavy atom. The number of carboxylic acid groups (broad SMARTS) is 1. The smallest absolute Gasteiger partial charge is 0.352 e. The Balaban J connectivity index is 2.08. The number of fused-ring (bicyclic) bond motifs is 1. The van der Waals surface area contributed by atoms with E-state index in [0.29, 0.717) is 10.9 Å². The minimum absolute atomic E-state index is 0.0151. The van der Waals surface area contributed by atoms with Crippen LogP contribution in [0.1, 0.15) is 10.5 Å². The Morgan fingerprint density at radius 2 is 2.18 bits per heavy atom. The molecule has 0 atom stereocenters. The standard InChI is InChI=1S/C13H12N4O4S/c1-17-6-5-14-13(17)22(20,21)16-9-4-2-3-8-7-10(12(18)19)15-11(8)9/h2-7,15-16H,1H3,(H,18,19). The van der Waals surface area contributed by atoms with Gasteiger partial charge in [0.25, 0.3) is 10.0 Å². The number of hydrogen-bond donors (Lipinski definition) is 3. The molecule has 2 aromatic heterocycles. The van der Waals surface area contributed by atoms with E-state index in [1.807, 2.05) is 0 Å². The van der Waals surface area contributed by atoms with Crippen LogP contribution in [0.15, 0.2) is 41.8 Å². The predicted molar refractivity (Wildman–Crippen MR) is 79.3 cm³/mol. The number of para-hydroxylation sites is 1. The number of aromatic amines is 1. The highest BCUT2D eigenvalue weighted by atomic mass is 32.2. The van der Waals surface area contributed by atoms with Crippen LogP contribution in [-0.2, 0) is 17.1 Å². The van der Waals surface area contributed by atoms with Crippen LogP contribution in [0.3, 0.4) is 0 Å². The van der Waals surface area contributed by atoms with E-state index in [1.165, 1.54) is 23.0 Å². The van der Waals surface area contributed by atoms with Crippen LogP contribution < -0.4 is 4.72 Å². The van der Waals surface area contributed by atoms with Crippen LogP contribution in [0.4, 0.5) is 5.69 Å². The summed E-state index contributed by atoms with van der Waals surface area (Å²) in [5.74, 6) is -1.12. The van der Waals surface area contributed by atoms with Gasteiger partial charge >= 0.3 is 5.97 Å². The fourth-order valence-electron chi connectivity index (χ4n) is 2.16. The maximum atomic E-state index is 12.3. The number of nitrogens with zero attached hydrogens (tertiary/aromatic N) is 2. The number of aryl methyl sites for hydroxylation is 1. The molecule has 9 heteroatoms. The van der Waals surface area contributed by atoms with E-state index in [1.54, 1.807) is 25.2 Å². The number of nitrogens with one attached hydrogen (secondary N) is 2. The highest BCUT2D eigenvalue weighted by Crippen LogP contribution is 2.25. The van der Waals surface area contributed by atoms with Gasteiger partial charge in [0.2, 0.25) is 5.16 Å². The third-order valence-corrected chi connectivity index (χ3v) is 4.51. The average Bonchev–Trinajstić information content (AvgIpc) is 3.05. The zero-order chi connectivity index (χ0) is 15.9. The van der Waals surface area contributed by atoms with Crippen molar-refractivity contribution < 1.29 is 18.3 Å². The van der Waals surface area contributed by atoms with Crippen LogP contribution in [0.2, 0.25) is 0 Å². The van der Waals surface area contributed by atoms with E-state index >= 15 is 0 Å². The van der Waals surface area contributed by atoms with Gasteiger partial charge < -0.3 is 14.7 Å². The largest absolute Gasteiger partial charge is 0.477 e. The molecule has 3 rings (SSSR count). The molecule has 0 aliphatic rings. The first-order valence-corrected chi connectivity index (χ1v) is 7.72. The van der Waals surface area contributed by atoms with Gasteiger partial charge in [-0.2, -0.15) is 8.42 Å². The van der Waals surface area contributed by atoms with E-state index in [4.69, 9.17) is 5.11 Å². The molecule has 0 aliphatic heterocycles. The molecule has 8 nitrogen and oxygen atoms in total. The lowest BCUT2D eigenvalue weighted by molar-refractivity contribution is 0.0691. The summed E-state index contributed by atoms with van der Waals surface area (Å²) in [6, 6.07) is 6.32. The molecule has 0 unspecified atom stereocenters. The van der Waals surface area contributed by atoms with Gasteiger partial charge in [-0.3, -0.25) is 4.72 Å². The quantitative estimate of drug-likeness (QED) is 0.671. The van der Waals surface area contributed by atoms with Gasteiger partial charge in [0.05, 0.1) is 11.2 Å². The Morgan fingerprint density at radius 1 is 1.41 bits per heavy atom. The van der Waals surface area contributed by atoms with E-state index in [2.05, 4.69) is 14.7 Å². The molecule has 0 aliphatic carbocycles. The molecule has 0 bridgehead atoms. The third kappa shape index (κ3) is 2.31. The molecule has 0 spiro atoms. The van der Waals surface area contributed by atoms with Crippen molar-refractivity contribution in [2.24, 2.45) is 7.05 Å². The van der Waals surface area contributed by atoms with E-state index in [-0.39, 0.29) is 16.5 Å². The summed E-state index contributed by atoms with van der Waals surface area (Å²) in [7, 11) is -2.30. The summed E-state index contributed by atoms with van der Waals surface area (Å²) in [4.78, 5) is 17.5. The Hall–Kier alpha value is -2.81. The van der Waals surface area contributed by atoms with Crippen molar-refractivity contribution in [3.8, 4) is 0 Å². The fourth-order valence-corrected chi connectivity index (χ4v) is 3.35. The first-order chi connectivity index (χ1) is 10.4. The lowest BCUT2D eigenvalue weighted by atomic mass is 10.2. The Bertz CT molecular complexity index is 971. The van der Waals surface area contributed by atoms with E-state index in [9.17, 15) is 13.2 Å². The summed E-state index contributed by atoms with van der Waals surface area (Å²) >= 11 is 0. The highest BCUT2D eigenvalue weighted by Gasteiger charge is 2.21. The van der Waals surface area contributed by atoms with Gasteiger partial charge in [0, 0.05) is 24.8 Å². The molecular formula is C13H12N4O4S. The molecule has 0 saturated heterocycles. The number of rotatable bonds is 4. The first-order valence-electron chi connectivity index (χ1n) is 6.23. The number of aromatic nitrogens is 3. The number of carboxylic acids is 1. The van der Waals surface area contributed by atoms with Crippen molar-refractivity contribution in [1.29, 1.82) is 0 Å². The lowest BCUT2D eigenvalue weighted by Gasteiger charge is -2.08. The van der Waals surface area contributed by atoms with Crippen molar-refractivity contribution >= 4 is 32.6 Å². The third-order valence-electron chi connectivity index (χ3n) is 3.15. The van der Waals surface area contributed by atoms with Gasteiger partial charge in [0.15, 0.2) is 0 Å². The molecule has 0 saturated carbocycles. The number of aromatic carboxylic acids is 1. The number of carbonyl (C=O) groups is 1. The van der Waals surface area contributed by atoms with Crippen molar-refractivity contribution in [3.63, 3.8) is 0 Å². The first kappa shape index (κ1) is 14.1. The van der Waals surface area contributed by atoms with Crippen LogP contribution in [0, 0.1) is 0 Å². The SMILES string of the molecule is Cn1ccnc1S(=O)(=O)Nc1cccc2cc(C(=O)O)[nH]c12. The minimum atomic E-state index is -3.87. The molecular weight excluding hydrogens is 308 g/mol. The molecule has 3 aromatic rings. The highest BCUT2D eigenvalue weighted by molar-refractivity contribution is 7.92. The average molecular weight is 320 g/mol. The number of hydrogen-bond acceptors (Lipinski definition) is 4. The fraction of sp³-hybridized carbons (Fsp3) is 0.0769. The molecule has 0 radical (unpaired) electrons. The predicted octanol–water partition coefficient (Wildman–Crippen LogP) is 1.40. The molecule has 0 fully saturated rings. The maximum absolute atomic E-state index is 12.3. The summed E-state index contributed by atoms with van der Waals surface area (Å²) in [5.41, 5.74) is 0.643. The van der Waals surface area contributed by atoms with Crippen molar-refractivity contribution in [1.82, 2.24) is 14.5 Å². The zero-order valence-electron chi connectivity index (χ0n) is 11.4. The summed E-state index contributed by atoms with van der Waals surface area (Å²) in [5, 5.41) is 9.48. The van der Waals surface area contributed by atoms with Gasteiger partial charge in [-0.1, -0.05) is 12.1 Å². The molecule has 0 amide bonds. The molecule has 3 N–H and O–H groups in total. The van der Waals surface area contributed by atoms with Crippen molar-refractivity contribution in [2.45, 2.75) is 5.16 Å². The Labute approximate surface area is 125 Å². The molecule has 2 heterocycles. The summed E-state index contributed by atoms with van der Waals surface area (Å²) in [6.45, 7) is 0. The van der Waals surface area contributed by atoms with Gasteiger partial charge in [0.1, 0.15) is 5.69 Å². The van der Waals surface area contributed by atoms with Crippen LogP contribution >= 0.6 is 0 Å². The van der Waals surface area contributed by atoms with Crippen LogP contribution in [-0.4, -0.2) is 34.0 Å². The van der Waals surface area contributed by atoms with Gasteiger partial charge in [-0.25, -0.2) is 9.78 Å². The second kappa shape index (κ2) is 4.88. The van der Waals surface area contributed by atoms with E-state index in [0.717, 1.165) is 0 Å². The topological polar surface area (TPSA) is 117 Å². The second-order valence-corrected chi connectivity index (χ2v) is 6.26. The lowest BCUT2D eigenvalue weighted by Crippen LogP contribution is -2.17. The van der Waals surface area contributed by atoms with E-state index < -0.39 is 16.0 Å². The van der Waals surface area contributed by atoms with Crippen LogP contribution in [0.25, 0.3) is 10.9 Å². The number of benzene rings is 1. The minimum Gasteiger partial charge on any atom is -0.477 e. The number of anilines is 1. The number of imidazole rings is 1. The maximum Gasteiger partial charge on any atom is 0.352 e. The Kier molecular flexibility index (Phi) is 3.14. The molecule has 114 valence electrons.